The number of hydrogen-bond donors (Lipinski definition) is 0. The second-order valence-corrected chi connectivity index (χ2v) is 3.30. The molecule has 7 heteroatoms. The van der Waals surface area contributed by atoms with Gasteiger partial charge >= 0.3 is 6.36 Å². The quantitative estimate of drug-likeness (QED) is 0.734. The van der Waals surface area contributed by atoms with E-state index in [9.17, 15) is 13.2 Å². The van der Waals surface area contributed by atoms with Gasteiger partial charge in [0.05, 0.1) is 0 Å². The van der Waals surface area contributed by atoms with Crippen LogP contribution in [0.2, 0.25) is 5.15 Å². The first-order chi connectivity index (χ1) is 5.87. The minimum absolute atomic E-state index is 0.0753. The molecule has 0 amide bonds. The largest absolute Gasteiger partial charge is 0.574 e. The van der Waals surface area contributed by atoms with Gasteiger partial charge in [-0.1, -0.05) is 27.5 Å². The van der Waals surface area contributed by atoms with E-state index >= 15 is 0 Å². The van der Waals surface area contributed by atoms with Crippen LogP contribution < -0.4 is 4.74 Å². The molecule has 0 aromatic carbocycles. The van der Waals surface area contributed by atoms with Crippen molar-refractivity contribution in [2.24, 2.45) is 0 Å². The summed E-state index contributed by atoms with van der Waals surface area (Å²) in [5.41, 5.74) is 0. The van der Waals surface area contributed by atoms with E-state index in [-0.39, 0.29) is 5.15 Å². The van der Waals surface area contributed by atoms with Crippen molar-refractivity contribution in [3.8, 4) is 5.88 Å². The highest BCUT2D eigenvalue weighted by Gasteiger charge is 2.31. The maximum atomic E-state index is 11.7. The molecule has 0 radical (unpaired) electrons. The molecule has 0 aliphatic carbocycles. The summed E-state index contributed by atoms with van der Waals surface area (Å²) in [6.07, 6.45) is -4.75. The van der Waals surface area contributed by atoms with Crippen molar-refractivity contribution >= 4 is 27.5 Å². The van der Waals surface area contributed by atoms with Crippen LogP contribution in [-0.2, 0) is 0 Å². The lowest BCUT2D eigenvalue weighted by Gasteiger charge is -2.07. The highest BCUT2D eigenvalue weighted by molar-refractivity contribution is 9.10. The Bertz CT molecular complexity index is 297. The highest BCUT2D eigenvalue weighted by atomic mass is 79.9. The lowest BCUT2D eigenvalue weighted by atomic mass is 10.5. The fraction of sp³-hybridized carbons (Fsp3) is 0.167. The molecule has 0 spiro atoms. The van der Waals surface area contributed by atoms with Gasteiger partial charge in [0, 0.05) is 10.5 Å². The molecule has 72 valence electrons. The van der Waals surface area contributed by atoms with Crippen molar-refractivity contribution in [2.45, 2.75) is 6.36 Å². The number of ether oxygens (including phenoxy) is 1. The minimum atomic E-state index is -4.75. The van der Waals surface area contributed by atoms with E-state index in [1.165, 1.54) is 6.07 Å². The molecule has 2 nitrogen and oxygen atoms in total. The molecule has 0 aliphatic rings. The topological polar surface area (TPSA) is 22.1 Å². The molecule has 0 atom stereocenters. The van der Waals surface area contributed by atoms with Crippen LogP contribution in [0.4, 0.5) is 13.2 Å². The summed E-state index contributed by atoms with van der Waals surface area (Å²) in [6.45, 7) is 0. The van der Waals surface area contributed by atoms with E-state index in [1.54, 1.807) is 0 Å². The predicted octanol–water partition coefficient (Wildman–Crippen LogP) is 3.40. The van der Waals surface area contributed by atoms with Crippen LogP contribution in [0.1, 0.15) is 0 Å². The van der Waals surface area contributed by atoms with E-state index in [2.05, 4.69) is 25.7 Å². The second-order valence-electron chi connectivity index (χ2n) is 1.99. The van der Waals surface area contributed by atoms with Gasteiger partial charge in [0.1, 0.15) is 5.15 Å². The summed E-state index contributed by atoms with van der Waals surface area (Å²) in [4.78, 5) is 3.31. The van der Waals surface area contributed by atoms with Crippen LogP contribution in [0.5, 0.6) is 5.88 Å². The Kier molecular flexibility index (Phi) is 3.02. The monoisotopic (exact) mass is 275 g/mol. The van der Waals surface area contributed by atoms with Crippen molar-refractivity contribution in [3.05, 3.63) is 21.8 Å². The van der Waals surface area contributed by atoms with Gasteiger partial charge in [0.15, 0.2) is 0 Å². The molecule has 0 saturated heterocycles. The fourth-order valence-corrected chi connectivity index (χ4v) is 1.36. The van der Waals surface area contributed by atoms with Gasteiger partial charge in [-0.25, -0.2) is 4.98 Å². The van der Waals surface area contributed by atoms with Gasteiger partial charge in [-0.05, 0) is 6.07 Å². The predicted molar refractivity (Wildman–Crippen MR) is 43.6 cm³/mol. The molecule has 1 aromatic rings. The lowest BCUT2D eigenvalue weighted by molar-refractivity contribution is -0.276. The Hall–Kier alpha value is -0.490. The van der Waals surface area contributed by atoms with Gasteiger partial charge in [-0.15, -0.1) is 13.2 Å². The van der Waals surface area contributed by atoms with E-state index in [1.807, 2.05) is 0 Å². The van der Waals surface area contributed by atoms with Crippen LogP contribution in [0, 0.1) is 0 Å². The SMILES string of the molecule is FC(F)(F)Oc1cc(Br)cc(Cl)n1. The smallest absolute Gasteiger partial charge is 0.388 e. The van der Waals surface area contributed by atoms with Crippen molar-refractivity contribution in [1.29, 1.82) is 0 Å². The normalized spacial score (nSPS) is 11.5. The summed E-state index contributed by atoms with van der Waals surface area (Å²) in [6, 6.07) is 2.42. The van der Waals surface area contributed by atoms with Crippen molar-refractivity contribution < 1.29 is 17.9 Å². The fourth-order valence-electron chi connectivity index (χ4n) is 0.614. The Balaban J connectivity index is 2.90. The van der Waals surface area contributed by atoms with Crippen LogP contribution >= 0.6 is 27.5 Å². The zero-order valence-electron chi connectivity index (χ0n) is 5.90. The number of pyridine rings is 1. The Labute approximate surface area is 84.8 Å². The zero-order chi connectivity index (χ0) is 10.1. The standard InChI is InChI=1S/C6H2BrClF3NO/c7-3-1-4(8)12-5(2-3)13-6(9,10)11/h1-2H. The summed E-state index contributed by atoms with van der Waals surface area (Å²) in [5, 5.41) is -0.0753. The van der Waals surface area contributed by atoms with E-state index < -0.39 is 12.2 Å². The number of aromatic nitrogens is 1. The minimum Gasteiger partial charge on any atom is -0.388 e. The third-order valence-electron chi connectivity index (χ3n) is 0.956. The van der Waals surface area contributed by atoms with Crippen LogP contribution in [0.3, 0.4) is 0 Å². The maximum absolute atomic E-state index is 11.7. The Morgan fingerprint density at radius 2 is 2.00 bits per heavy atom. The van der Waals surface area contributed by atoms with Gasteiger partial charge < -0.3 is 4.74 Å². The number of hydrogen-bond acceptors (Lipinski definition) is 2. The first-order valence-electron chi connectivity index (χ1n) is 2.96. The molecular weight excluding hydrogens is 274 g/mol. The number of nitrogens with zero attached hydrogens (tertiary/aromatic N) is 1. The summed E-state index contributed by atoms with van der Waals surface area (Å²) in [5.74, 6) is -0.591. The molecule has 1 rings (SSSR count). The first-order valence-corrected chi connectivity index (χ1v) is 4.13. The zero-order valence-corrected chi connectivity index (χ0v) is 8.24. The van der Waals surface area contributed by atoms with Crippen LogP contribution in [-0.4, -0.2) is 11.3 Å². The van der Waals surface area contributed by atoms with Crippen molar-refractivity contribution in [1.82, 2.24) is 4.98 Å². The van der Waals surface area contributed by atoms with Gasteiger partial charge in [0.25, 0.3) is 0 Å². The first kappa shape index (κ1) is 10.6. The average Bonchev–Trinajstić information content (AvgIpc) is 1.78. The van der Waals surface area contributed by atoms with Crippen LogP contribution in [0.15, 0.2) is 16.6 Å². The third kappa shape index (κ3) is 3.82. The Morgan fingerprint density at radius 1 is 1.38 bits per heavy atom. The average molecular weight is 276 g/mol. The maximum Gasteiger partial charge on any atom is 0.574 e. The van der Waals surface area contributed by atoms with Crippen molar-refractivity contribution in [3.63, 3.8) is 0 Å². The molecule has 0 saturated carbocycles. The number of rotatable bonds is 1. The molecule has 0 bridgehead atoms. The van der Waals surface area contributed by atoms with E-state index in [0.29, 0.717) is 4.47 Å². The number of halogens is 5. The van der Waals surface area contributed by atoms with Gasteiger partial charge in [0.2, 0.25) is 5.88 Å². The molecule has 0 N–H and O–H groups in total. The second kappa shape index (κ2) is 3.71. The number of alkyl halides is 3. The van der Waals surface area contributed by atoms with Crippen LogP contribution in [0.25, 0.3) is 0 Å². The lowest BCUT2D eigenvalue weighted by Crippen LogP contribution is -2.17. The highest BCUT2D eigenvalue weighted by Crippen LogP contribution is 2.25. The summed E-state index contributed by atoms with van der Waals surface area (Å²) in [7, 11) is 0. The molecule has 13 heavy (non-hydrogen) atoms. The van der Waals surface area contributed by atoms with Gasteiger partial charge in [-0.2, -0.15) is 0 Å². The molecular formula is C6H2BrClF3NO. The summed E-state index contributed by atoms with van der Waals surface area (Å²) >= 11 is 8.34. The molecule has 0 fully saturated rings. The third-order valence-corrected chi connectivity index (χ3v) is 1.61. The van der Waals surface area contributed by atoms with E-state index in [4.69, 9.17) is 11.6 Å². The Morgan fingerprint density at radius 3 is 2.46 bits per heavy atom. The molecule has 0 aliphatic heterocycles. The van der Waals surface area contributed by atoms with Gasteiger partial charge in [-0.3, -0.25) is 0 Å². The molecule has 1 aromatic heterocycles. The van der Waals surface area contributed by atoms with Crippen molar-refractivity contribution in [2.75, 3.05) is 0 Å². The summed E-state index contributed by atoms with van der Waals surface area (Å²) < 4.78 is 39.0. The van der Waals surface area contributed by atoms with E-state index in [0.717, 1.165) is 6.07 Å². The molecule has 1 heterocycles. The molecule has 0 unspecified atom stereocenters.